The molecule has 0 spiro atoms. The summed E-state index contributed by atoms with van der Waals surface area (Å²) in [6.45, 7) is 6.78. The van der Waals surface area contributed by atoms with Gasteiger partial charge in [0.2, 0.25) is 5.91 Å². The highest BCUT2D eigenvalue weighted by Gasteiger charge is 2.36. The molecule has 1 aliphatic heterocycles. The molecule has 1 saturated carbocycles. The Morgan fingerprint density at radius 3 is 2.26 bits per heavy atom. The van der Waals surface area contributed by atoms with Gasteiger partial charge in [-0.1, -0.05) is 6.92 Å². The van der Waals surface area contributed by atoms with E-state index in [1.54, 1.807) is 0 Å². The third kappa shape index (κ3) is 3.47. The number of nitrogens with zero attached hydrogens (tertiary/aromatic N) is 2. The van der Waals surface area contributed by atoms with Crippen molar-refractivity contribution in [2.45, 2.75) is 32.6 Å². The van der Waals surface area contributed by atoms with Crippen molar-refractivity contribution in [3.63, 3.8) is 0 Å². The van der Waals surface area contributed by atoms with Crippen molar-refractivity contribution in [1.82, 2.24) is 9.80 Å². The Kier molecular flexibility index (Phi) is 4.80. The lowest BCUT2D eigenvalue weighted by molar-refractivity contribution is -0.142. The highest BCUT2D eigenvalue weighted by molar-refractivity contribution is 5.81. The van der Waals surface area contributed by atoms with Crippen molar-refractivity contribution in [3.8, 4) is 0 Å². The van der Waals surface area contributed by atoms with Crippen molar-refractivity contribution in [1.29, 1.82) is 0 Å². The molecular formula is C14H24N2O3. The van der Waals surface area contributed by atoms with Gasteiger partial charge in [-0.2, -0.15) is 0 Å². The molecule has 1 N–H and O–H groups in total. The minimum atomic E-state index is -0.747. The van der Waals surface area contributed by atoms with Crippen LogP contribution in [0.25, 0.3) is 0 Å². The second kappa shape index (κ2) is 6.37. The Balaban J connectivity index is 1.80. The summed E-state index contributed by atoms with van der Waals surface area (Å²) in [5.41, 5.74) is 0. The van der Waals surface area contributed by atoms with Crippen LogP contribution in [0.3, 0.4) is 0 Å². The number of carboxylic acids is 1. The SMILES string of the molecule is CCCN1CCN(C(=O)C2CCC(C(=O)O)C2)CC1. The highest BCUT2D eigenvalue weighted by atomic mass is 16.4. The molecule has 0 aromatic carbocycles. The van der Waals surface area contributed by atoms with E-state index in [2.05, 4.69) is 11.8 Å². The Labute approximate surface area is 114 Å². The van der Waals surface area contributed by atoms with E-state index in [9.17, 15) is 9.59 Å². The monoisotopic (exact) mass is 268 g/mol. The molecule has 1 aliphatic carbocycles. The molecule has 2 atom stereocenters. The van der Waals surface area contributed by atoms with E-state index in [0.29, 0.717) is 12.8 Å². The number of piperazine rings is 1. The second-order valence-corrected chi connectivity index (χ2v) is 5.71. The van der Waals surface area contributed by atoms with Crippen LogP contribution in [-0.2, 0) is 9.59 Å². The lowest BCUT2D eigenvalue weighted by Crippen LogP contribution is -2.50. The molecule has 0 aromatic rings. The van der Waals surface area contributed by atoms with E-state index in [1.807, 2.05) is 4.90 Å². The van der Waals surface area contributed by atoms with Crippen molar-refractivity contribution in [2.75, 3.05) is 32.7 Å². The minimum Gasteiger partial charge on any atom is -0.481 e. The second-order valence-electron chi connectivity index (χ2n) is 5.71. The summed E-state index contributed by atoms with van der Waals surface area (Å²) in [6, 6.07) is 0. The number of hydrogen-bond donors (Lipinski definition) is 1. The van der Waals surface area contributed by atoms with Crippen LogP contribution in [0.5, 0.6) is 0 Å². The molecule has 5 nitrogen and oxygen atoms in total. The van der Waals surface area contributed by atoms with E-state index in [4.69, 9.17) is 5.11 Å². The number of amides is 1. The molecule has 1 amide bonds. The average Bonchev–Trinajstić information content (AvgIpc) is 2.89. The molecule has 19 heavy (non-hydrogen) atoms. The Hall–Kier alpha value is -1.10. The van der Waals surface area contributed by atoms with E-state index >= 15 is 0 Å². The molecule has 1 saturated heterocycles. The summed E-state index contributed by atoms with van der Waals surface area (Å²) in [7, 11) is 0. The van der Waals surface area contributed by atoms with Gasteiger partial charge in [-0.05, 0) is 32.2 Å². The van der Waals surface area contributed by atoms with Crippen LogP contribution in [0.4, 0.5) is 0 Å². The topological polar surface area (TPSA) is 60.9 Å². The van der Waals surface area contributed by atoms with E-state index in [-0.39, 0.29) is 17.7 Å². The van der Waals surface area contributed by atoms with Gasteiger partial charge in [0.1, 0.15) is 0 Å². The first kappa shape index (κ1) is 14.3. The molecule has 2 rings (SSSR count). The van der Waals surface area contributed by atoms with E-state index < -0.39 is 5.97 Å². The molecule has 1 heterocycles. The van der Waals surface area contributed by atoms with Gasteiger partial charge in [-0.15, -0.1) is 0 Å². The molecule has 0 bridgehead atoms. The van der Waals surface area contributed by atoms with Gasteiger partial charge in [-0.3, -0.25) is 14.5 Å². The van der Waals surface area contributed by atoms with Gasteiger partial charge in [0.15, 0.2) is 0 Å². The molecule has 2 fully saturated rings. The predicted octanol–water partition coefficient (Wildman–Crippen LogP) is 1.04. The highest BCUT2D eigenvalue weighted by Crippen LogP contribution is 2.32. The third-order valence-electron chi connectivity index (χ3n) is 4.35. The normalized spacial score (nSPS) is 28.6. The van der Waals surface area contributed by atoms with Gasteiger partial charge in [0.05, 0.1) is 5.92 Å². The number of aliphatic carboxylic acids is 1. The number of carbonyl (C=O) groups is 2. The van der Waals surface area contributed by atoms with Crippen LogP contribution in [0.15, 0.2) is 0 Å². The summed E-state index contributed by atoms with van der Waals surface area (Å²) in [5.74, 6) is -0.933. The first-order valence-electron chi connectivity index (χ1n) is 7.35. The van der Waals surface area contributed by atoms with Crippen LogP contribution in [0, 0.1) is 11.8 Å². The summed E-state index contributed by atoms with van der Waals surface area (Å²) in [6.07, 6.45) is 3.08. The van der Waals surface area contributed by atoms with Crippen LogP contribution in [0.2, 0.25) is 0 Å². The average molecular weight is 268 g/mol. The standard InChI is InChI=1S/C14H24N2O3/c1-2-5-15-6-8-16(9-7-15)13(17)11-3-4-12(10-11)14(18)19/h11-12H,2-10H2,1H3,(H,18,19). The summed E-state index contributed by atoms with van der Waals surface area (Å²) in [5, 5.41) is 8.99. The molecule has 0 radical (unpaired) electrons. The molecular weight excluding hydrogens is 244 g/mol. The van der Waals surface area contributed by atoms with Gasteiger partial charge in [0.25, 0.3) is 0 Å². The maximum absolute atomic E-state index is 12.3. The summed E-state index contributed by atoms with van der Waals surface area (Å²) >= 11 is 0. The minimum absolute atomic E-state index is 0.0566. The zero-order valence-corrected chi connectivity index (χ0v) is 11.7. The molecule has 2 unspecified atom stereocenters. The van der Waals surface area contributed by atoms with Crippen molar-refractivity contribution >= 4 is 11.9 Å². The summed E-state index contributed by atoms with van der Waals surface area (Å²) < 4.78 is 0. The predicted molar refractivity (Wildman–Crippen MR) is 71.8 cm³/mol. The fourth-order valence-electron chi connectivity index (χ4n) is 3.20. The van der Waals surface area contributed by atoms with Crippen LogP contribution in [0.1, 0.15) is 32.6 Å². The third-order valence-corrected chi connectivity index (χ3v) is 4.35. The zero-order valence-electron chi connectivity index (χ0n) is 11.7. The van der Waals surface area contributed by atoms with E-state index in [0.717, 1.165) is 45.6 Å². The molecule has 2 aliphatic rings. The Bertz CT molecular complexity index is 338. The molecule has 0 aromatic heterocycles. The smallest absolute Gasteiger partial charge is 0.306 e. The largest absolute Gasteiger partial charge is 0.481 e. The number of rotatable bonds is 4. The summed E-state index contributed by atoms with van der Waals surface area (Å²) in [4.78, 5) is 27.6. The first-order chi connectivity index (χ1) is 9.11. The van der Waals surface area contributed by atoms with Crippen LogP contribution in [-0.4, -0.2) is 59.5 Å². The van der Waals surface area contributed by atoms with Gasteiger partial charge >= 0.3 is 5.97 Å². The lowest BCUT2D eigenvalue weighted by Gasteiger charge is -2.35. The molecule has 108 valence electrons. The van der Waals surface area contributed by atoms with Crippen molar-refractivity contribution in [2.24, 2.45) is 11.8 Å². The maximum atomic E-state index is 12.3. The van der Waals surface area contributed by atoms with E-state index in [1.165, 1.54) is 0 Å². The fraction of sp³-hybridized carbons (Fsp3) is 0.857. The number of carboxylic acid groups (broad SMARTS) is 1. The van der Waals surface area contributed by atoms with Crippen molar-refractivity contribution < 1.29 is 14.7 Å². The molecule has 5 heteroatoms. The Morgan fingerprint density at radius 1 is 1.11 bits per heavy atom. The number of hydrogen-bond acceptors (Lipinski definition) is 3. The first-order valence-corrected chi connectivity index (χ1v) is 7.35. The van der Waals surface area contributed by atoms with Gasteiger partial charge in [-0.25, -0.2) is 0 Å². The van der Waals surface area contributed by atoms with Gasteiger partial charge < -0.3 is 10.0 Å². The van der Waals surface area contributed by atoms with Crippen LogP contribution >= 0.6 is 0 Å². The number of carbonyl (C=O) groups excluding carboxylic acids is 1. The Morgan fingerprint density at radius 2 is 1.74 bits per heavy atom. The van der Waals surface area contributed by atoms with Crippen molar-refractivity contribution in [3.05, 3.63) is 0 Å². The quantitative estimate of drug-likeness (QED) is 0.827. The fourth-order valence-corrected chi connectivity index (χ4v) is 3.20. The van der Waals surface area contributed by atoms with Gasteiger partial charge in [0, 0.05) is 32.1 Å². The lowest BCUT2D eigenvalue weighted by atomic mass is 10.0. The maximum Gasteiger partial charge on any atom is 0.306 e. The van der Waals surface area contributed by atoms with Crippen LogP contribution < -0.4 is 0 Å². The zero-order chi connectivity index (χ0) is 13.8.